The van der Waals surface area contributed by atoms with Crippen LogP contribution in [0, 0.1) is 6.92 Å². The molecule has 0 fully saturated rings. The quantitative estimate of drug-likeness (QED) is 0.864. The third-order valence-electron chi connectivity index (χ3n) is 2.34. The highest BCUT2D eigenvalue weighted by atomic mass is 16.5. The second-order valence-corrected chi connectivity index (χ2v) is 3.74. The average molecular weight is 244 g/mol. The zero-order chi connectivity index (χ0) is 13.1. The van der Waals surface area contributed by atoms with E-state index in [1.807, 2.05) is 0 Å². The molecule has 0 radical (unpaired) electrons. The summed E-state index contributed by atoms with van der Waals surface area (Å²) in [5.41, 5.74) is 6.09. The van der Waals surface area contributed by atoms with Gasteiger partial charge in [-0.2, -0.15) is 0 Å². The summed E-state index contributed by atoms with van der Waals surface area (Å²) >= 11 is 0. The first kappa shape index (κ1) is 11.9. The number of nitrogens with two attached hydrogens (primary N) is 1. The van der Waals surface area contributed by atoms with E-state index in [2.05, 4.69) is 4.98 Å². The van der Waals surface area contributed by atoms with Gasteiger partial charge in [0, 0.05) is 5.69 Å². The van der Waals surface area contributed by atoms with Gasteiger partial charge in [0.2, 0.25) is 5.88 Å². The number of hydrogen-bond acceptors (Lipinski definition) is 4. The maximum atomic E-state index is 11.2. The molecule has 0 aliphatic rings. The van der Waals surface area contributed by atoms with Crippen LogP contribution in [-0.2, 0) is 0 Å². The van der Waals surface area contributed by atoms with Crippen molar-refractivity contribution in [2.24, 2.45) is 5.73 Å². The number of amides is 1. The van der Waals surface area contributed by atoms with Gasteiger partial charge in [0.15, 0.2) is 11.5 Å². The minimum Gasteiger partial charge on any atom is -0.504 e. The molecule has 18 heavy (non-hydrogen) atoms. The molecule has 0 spiro atoms. The highest BCUT2D eigenvalue weighted by molar-refractivity contribution is 5.95. The van der Waals surface area contributed by atoms with Crippen molar-refractivity contribution in [2.75, 3.05) is 0 Å². The topological polar surface area (TPSA) is 85.4 Å². The molecule has 2 rings (SSSR count). The summed E-state index contributed by atoms with van der Waals surface area (Å²) in [6.07, 6.45) is 0. The number of pyridine rings is 1. The highest BCUT2D eigenvalue weighted by Crippen LogP contribution is 2.30. The number of aromatic hydroxyl groups is 1. The predicted octanol–water partition coefficient (Wildman–Crippen LogP) is 1.99. The smallest absolute Gasteiger partial charge is 0.254 e. The first-order chi connectivity index (χ1) is 8.58. The van der Waals surface area contributed by atoms with Crippen molar-refractivity contribution < 1.29 is 14.6 Å². The van der Waals surface area contributed by atoms with Crippen LogP contribution >= 0.6 is 0 Å². The zero-order valence-corrected chi connectivity index (χ0v) is 9.75. The lowest BCUT2D eigenvalue weighted by Gasteiger charge is -2.09. The fourth-order valence-corrected chi connectivity index (χ4v) is 1.45. The zero-order valence-electron chi connectivity index (χ0n) is 9.75. The number of carbonyl (C=O) groups is 1. The van der Waals surface area contributed by atoms with Gasteiger partial charge in [-0.15, -0.1) is 0 Å². The van der Waals surface area contributed by atoms with Gasteiger partial charge in [0.25, 0.3) is 5.91 Å². The number of ether oxygens (including phenoxy) is 1. The Morgan fingerprint density at radius 1 is 1.28 bits per heavy atom. The Balaban J connectivity index is 2.42. The predicted molar refractivity (Wildman–Crippen MR) is 65.7 cm³/mol. The molecule has 0 aliphatic heterocycles. The molecule has 0 saturated heterocycles. The van der Waals surface area contributed by atoms with E-state index in [-0.39, 0.29) is 22.9 Å². The summed E-state index contributed by atoms with van der Waals surface area (Å²) in [5, 5.41) is 9.60. The normalized spacial score (nSPS) is 10.1. The van der Waals surface area contributed by atoms with Crippen molar-refractivity contribution in [2.45, 2.75) is 6.92 Å². The number of aromatic nitrogens is 1. The number of phenols is 1. The maximum absolute atomic E-state index is 11.2. The van der Waals surface area contributed by atoms with Crippen LogP contribution in [0.25, 0.3) is 0 Å². The number of phenolic OH excluding ortho intramolecular Hbond substituents is 1. The number of hydrogen-bond donors (Lipinski definition) is 2. The van der Waals surface area contributed by atoms with Crippen molar-refractivity contribution in [1.29, 1.82) is 0 Å². The van der Waals surface area contributed by atoms with Crippen LogP contribution in [0.2, 0.25) is 0 Å². The van der Waals surface area contributed by atoms with E-state index in [9.17, 15) is 9.90 Å². The van der Waals surface area contributed by atoms with Gasteiger partial charge in [0.05, 0.1) is 0 Å². The number of primary amides is 1. The van der Waals surface area contributed by atoms with Gasteiger partial charge < -0.3 is 15.6 Å². The van der Waals surface area contributed by atoms with E-state index in [0.29, 0.717) is 5.69 Å². The Bertz CT molecular complexity index is 597. The van der Waals surface area contributed by atoms with Crippen LogP contribution < -0.4 is 10.5 Å². The molecule has 2 aromatic rings. The molecule has 92 valence electrons. The van der Waals surface area contributed by atoms with Crippen molar-refractivity contribution in [3.05, 3.63) is 47.7 Å². The van der Waals surface area contributed by atoms with E-state index in [4.69, 9.17) is 10.5 Å². The minimum atomic E-state index is -0.632. The Morgan fingerprint density at radius 2 is 2.00 bits per heavy atom. The molecule has 0 bridgehead atoms. The fourth-order valence-electron chi connectivity index (χ4n) is 1.45. The molecule has 5 heteroatoms. The van der Waals surface area contributed by atoms with Gasteiger partial charge in [-0.05, 0) is 31.2 Å². The molecular formula is C13H12N2O3. The number of carbonyl (C=O) groups excluding carboxylic acids is 1. The minimum absolute atomic E-state index is 0.0313. The van der Waals surface area contributed by atoms with E-state index in [1.54, 1.807) is 37.3 Å². The van der Waals surface area contributed by atoms with Crippen LogP contribution in [0.3, 0.4) is 0 Å². The lowest BCUT2D eigenvalue weighted by atomic mass is 10.2. The number of benzene rings is 1. The summed E-state index contributed by atoms with van der Waals surface area (Å²) in [4.78, 5) is 15.3. The number of aryl methyl sites for hydroxylation is 1. The van der Waals surface area contributed by atoms with Gasteiger partial charge >= 0.3 is 0 Å². The molecule has 1 amide bonds. The van der Waals surface area contributed by atoms with Crippen molar-refractivity contribution >= 4 is 5.91 Å². The molecule has 0 atom stereocenters. The lowest BCUT2D eigenvalue weighted by molar-refractivity contribution is 0.0997. The van der Waals surface area contributed by atoms with Crippen LogP contribution in [0.5, 0.6) is 17.4 Å². The molecule has 0 saturated carbocycles. The van der Waals surface area contributed by atoms with E-state index < -0.39 is 5.91 Å². The lowest BCUT2D eigenvalue weighted by Crippen LogP contribution is -2.13. The third kappa shape index (κ3) is 2.40. The van der Waals surface area contributed by atoms with Crippen LogP contribution in [0.4, 0.5) is 0 Å². The monoisotopic (exact) mass is 244 g/mol. The van der Waals surface area contributed by atoms with Crippen LogP contribution in [0.1, 0.15) is 16.1 Å². The van der Waals surface area contributed by atoms with Crippen LogP contribution in [0.15, 0.2) is 36.4 Å². The molecule has 0 unspecified atom stereocenters. The summed E-state index contributed by atoms with van der Waals surface area (Å²) < 4.78 is 5.42. The van der Waals surface area contributed by atoms with Crippen molar-refractivity contribution in [3.8, 4) is 17.4 Å². The van der Waals surface area contributed by atoms with Crippen LogP contribution in [-0.4, -0.2) is 16.0 Å². The molecule has 1 aromatic carbocycles. The highest BCUT2D eigenvalue weighted by Gasteiger charge is 2.13. The average Bonchev–Trinajstić information content (AvgIpc) is 2.32. The SMILES string of the molecule is Cc1ccc(C(N)=O)c(Oc2ccccc2O)n1. The summed E-state index contributed by atoms with van der Waals surface area (Å²) in [5.74, 6) is -0.355. The summed E-state index contributed by atoms with van der Waals surface area (Å²) in [6, 6.07) is 9.63. The molecular weight excluding hydrogens is 232 g/mol. The molecule has 1 aromatic heterocycles. The molecule has 3 N–H and O–H groups in total. The second kappa shape index (κ2) is 4.75. The first-order valence-corrected chi connectivity index (χ1v) is 5.31. The Kier molecular flexibility index (Phi) is 3.14. The summed E-state index contributed by atoms with van der Waals surface area (Å²) in [7, 11) is 0. The molecule has 5 nitrogen and oxygen atoms in total. The number of nitrogens with zero attached hydrogens (tertiary/aromatic N) is 1. The van der Waals surface area contributed by atoms with Gasteiger partial charge in [0.1, 0.15) is 5.56 Å². The maximum Gasteiger partial charge on any atom is 0.254 e. The standard InChI is InChI=1S/C13H12N2O3/c1-8-6-7-9(12(14)17)13(15-8)18-11-5-3-2-4-10(11)16/h2-7,16H,1H3,(H2,14,17). The Labute approximate surface area is 104 Å². The van der Waals surface area contributed by atoms with Crippen molar-refractivity contribution in [1.82, 2.24) is 4.98 Å². The number of para-hydroxylation sites is 2. The Morgan fingerprint density at radius 3 is 2.67 bits per heavy atom. The Hall–Kier alpha value is -2.56. The number of rotatable bonds is 3. The third-order valence-corrected chi connectivity index (χ3v) is 2.34. The molecule has 1 heterocycles. The van der Waals surface area contributed by atoms with Gasteiger partial charge in [-0.3, -0.25) is 4.79 Å². The second-order valence-electron chi connectivity index (χ2n) is 3.74. The van der Waals surface area contributed by atoms with E-state index in [1.165, 1.54) is 6.07 Å². The fraction of sp³-hybridized carbons (Fsp3) is 0.0769. The van der Waals surface area contributed by atoms with Gasteiger partial charge in [-0.25, -0.2) is 4.98 Å². The van der Waals surface area contributed by atoms with Crippen molar-refractivity contribution in [3.63, 3.8) is 0 Å². The first-order valence-electron chi connectivity index (χ1n) is 5.31. The van der Waals surface area contributed by atoms with Gasteiger partial charge in [-0.1, -0.05) is 12.1 Å². The largest absolute Gasteiger partial charge is 0.504 e. The van der Waals surface area contributed by atoms with E-state index >= 15 is 0 Å². The molecule has 0 aliphatic carbocycles. The van der Waals surface area contributed by atoms with E-state index in [0.717, 1.165) is 0 Å². The summed E-state index contributed by atoms with van der Waals surface area (Å²) in [6.45, 7) is 1.77.